The number of benzene rings is 1. The van der Waals surface area contributed by atoms with Crippen molar-refractivity contribution in [3.8, 4) is 0 Å². The first-order chi connectivity index (χ1) is 7.45. The van der Waals surface area contributed by atoms with Gasteiger partial charge >= 0.3 is 0 Å². The van der Waals surface area contributed by atoms with Crippen LogP contribution < -0.4 is 5.73 Å². The van der Waals surface area contributed by atoms with Gasteiger partial charge in [-0.1, -0.05) is 6.07 Å². The topological polar surface area (TPSA) is 30.9 Å². The zero-order chi connectivity index (χ0) is 11.9. The minimum absolute atomic E-state index is 0.196. The smallest absolute Gasteiger partial charge is 0.132 e. The van der Waals surface area contributed by atoms with E-state index in [0.29, 0.717) is 5.39 Å². The maximum absolute atomic E-state index is 13.9. The third-order valence-electron chi connectivity index (χ3n) is 2.89. The summed E-state index contributed by atoms with van der Waals surface area (Å²) in [4.78, 5) is 0. The van der Waals surface area contributed by atoms with Gasteiger partial charge in [0.05, 0.1) is 5.52 Å². The fourth-order valence-corrected chi connectivity index (χ4v) is 2.06. The van der Waals surface area contributed by atoms with E-state index in [9.17, 15) is 4.39 Å². The highest BCUT2D eigenvalue weighted by Crippen LogP contribution is 2.30. The van der Waals surface area contributed by atoms with Gasteiger partial charge in [0.25, 0.3) is 0 Å². The van der Waals surface area contributed by atoms with E-state index in [1.54, 1.807) is 6.07 Å². The van der Waals surface area contributed by atoms with Gasteiger partial charge in [-0.05, 0) is 38.5 Å². The van der Waals surface area contributed by atoms with Crippen molar-refractivity contribution in [1.29, 1.82) is 0 Å². The lowest BCUT2D eigenvalue weighted by Gasteiger charge is -2.17. The third-order valence-corrected chi connectivity index (χ3v) is 2.89. The number of aromatic nitrogens is 1. The average molecular weight is 220 g/mol. The van der Waals surface area contributed by atoms with Crippen molar-refractivity contribution in [3.63, 3.8) is 0 Å². The van der Waals surface area contributed by atoms with Crippen molar-refractivity contribution in [2.75, 3.05) is 0 Å². The SMILES string of the molecule is CCn1cc(C(C)(C)N)c2c(F)cccc21. The summed E-state index contributed by atoms with van der Waals surface area (Å²) < 4.78 is 15.9. The molecule has 3 heteroatoms. The number of nitrogens with two attached hydrogens (primary N) is 1. The van der Waals surface area contributed by atoms with E-state index < -0.39 is 5.54 Å². The first kappa shape index (κ1) is 11.1. The molecule has 0 bridgehead atoms. The van der Waals surface area contributed by atoms with Crippen LogP contribution in [0.4, 0.5) is 4.39 Å². The molecule has 0 radical (unpaired) electrons. The van der Waals surface area contributed by atoms with Crippen LogP contribution in [0.25, 0.3) is 10.9 Å². The summed E-state index contributed by atoms with van der Waals surface area (Å²) in [5.41, 5.74) is 7.33. The minimum atomic E-state index is -0.527. The van der Waals surface area contributed by atoms with E-state index in [2.05, 4.69) is 0 Å². The summed E-state index contributed by atoms with van der Waals surface area (Å²) in [5.74, 6) is -0.196. The second-order valence-corrected chi connectivity index (χ2v) is 4.68. The van der Waals surface area contributed by atoms with Gasteiger partial charge in [-0.3, -0.25) is 0 Å². The Morgan fingerprint density at radius 3 is 2.62 bits per heavy atom. The van der Waals surface area contributed by atoms with Crippen LogP contribution >= 0.6 is 0 Å². The lowest BCUT2D eigenvalue weighted by Crippen LogP contribution is -2.28. The molecule has 0 unspecified atom stereocenters. The summed E-state index contributed by atoms with van der Waals surface area (Å²) >= 11 is 0. The Hall–Kier alpha value is -1.35. The number of fused-ring (bicyclic) bond motifs is 1. The quantitative estimate of drug-likeness (QED) is 0.828. The van der Waals surface area contributed by atoms with E-state index in [0.717, 1.165) is 17.6 Å². The molecule has 16 heavy (non-hydrogen) atoms. The van der Waals surface area contributed by atoms with Gasteiger partial charge in [-0.2, -0.15) is 0 Å². The number of aryl methyl sites for hydroxylation is 1. The number of halogens is 1. The van der Waals surface area contributed by atoms with E-state index in [1.807, 2.05) is 37.6 Å². The molecule has 2 rings (SSSR count). The standard InChI is InChI=1S/C13H17FN2/c1-4-16-8-9(13(2,3)15)12-10(14)6-5-7-11(12)16/h5-8H,4,15H2,1-3H3. The van der Waals surface area contributed by atoms with Crippen molar-refractivity contribution in [2.45, 2.75) is 32.9 Å². The Bertz CT molecular complexity index is 520. The molecule has 2 N–H and O–H groups in total. The van der Waals surface area contributed by atoms with Crippen molar-refractivity contribution < 1.29 is 4.39 Å². The van der Waals surface area contributed by atoms with E-state index in [4.69, 9.17) is 5.73 Å². The molecule has 2 aromatic rings. The maximum Gasteiger partial charge on any atom is 0.132 e. The van der Waals surface area contributed by atoms with E-state index in [1.165, 1.54) is 6.07 Å². The average Bonchev–Trinajstić information content (AvgIpc) is 2.57. The van der Waals surface area contributed by atoms with Gasteiger partial charge in [0, 0.05) is 23.7 Å². The fourth-order valence-electron chi connectivity index (χ4n) is 2.06. The molecular weight excluding hydrogens is 203 g/mol. The van der Waals surface area contributed by atoms with Crippen LogP contribution in [0.2, 0.25) is 0 Å². The van der Waals surface area contributed by atoms with E-state index in [-0.39, 0.29) is 5.82 Å². The van der Waals surface area contributed by atoms with Crippen molar-refractivity contribution >= 4 is 10.9 Å². The van der Waals surface area contributed by atoms with Crippen LogP contribution in [0, 0.1) is 5.82 Å². The first-order valence-electron chi connectivity index (χ1n) is 5.52. The highest BCUT2D eigenvalue weighted by atomic mass is 19.1. The Morgan fingerprint density at radius 1 is 1.38 bits per heavy atom. The lowest BCUT2D eigenvalue weighted by atomic mass is 9.95. The highest BCUT2D eigenvalue weighted by Gasteiger charge is 2.22. The number of rotatable bonds is 2. The normalized spacial score (nSPS) is 12.3. The molecule has 0 spiro atoms. The molecule has 0 amide bonds. The molecule has 2 nitrogen and oxygen atoms in total. The molecule has 1 heterocycles. The predicted molar refractivity (Wildman–Crippen MR) is 64.8 cm³/mol. The van der Waals surface area contributed by atoms with Gasteiger partial charge in [0.1, 0.15) is 5.82 Å². The van der Waals surface area contributed by atoms with Crippen LogP contribution in [0.5, 0.6) is 0 Å². The Kier molecular flexibility index (Phi) is 2.50. The van der Waals surface area contributed by atoms with E-state index >= 15 is 0 Å². The second-order valence-electron chi connectivity index (χ2n) is 4.68. The van der Waals surface area contributed by atoms with Crippen LogP contribution in [-0.4, -0.2) is 4.57 Å². The molecule has 0 saturated heterocycles. The molecule has 0 aliphatic heterocycles. The van der Waals surface area contributed by atoms with Gasteiger partial charge in [-0.25, -0.2) is 4.39 Å². The molecule has 1 aromatic carbocycles. The first-order valence-corrected chi connectivity index (χ1v) is 5.52. The van der Waals surface area contributed by atoms with Crippen molar-refractivity contribution in [2.24, 2.45) is 5.73 Å². The summed E-state index contributed by atoms with van der Waals surface area (Å²) in [6.45, 7) is 6.65. The van der Waals surface area contributed by atoms with Gasteiger partial charge in [-0.15, -0.1) is 0 Å². The summed E-state index contributed by atoms with van der Waals surface area (Å²) in [6, 6.07) is 5.14. The molecule has 86 valence electrons. The monoisotopic (exact) mass is 220 g/mol. The van der Waals surface area contributed by atoms with Crippen molar-refractivity contribution in [3.05, 3.63) is 35.8 Å². The highest BCUT2D eigenvalue weighted by molar-refractivity contribution is 5.85. The molecule has 0 fully saturated rings. The summed E-state index contributed by atoms with van der Waals surface area (Å²) in [7, 11) is 0. The van der Waals surface area contributed by atoms with Crippen LogP contribution in [0.3, 0.4) is 0 Å². The molecule has 0 aliphatic carbocycles. The van der Waals surface area contributed by atoms with Gasteiger partial charge < -0.3 is 10.3 Å². The Morgan fingerprint density at radius 2 is 2.06 bits per heavy atom. The Balaban J connectivity index is 2.85. The third kappa shape index (κ3) is 1.61. The summed E-state index contributed by atoms with van der Waals surface area (Å²) in [5, 5.41) is 0.650. The van der Waals surface area contributed by atoms with Gasteiger partial charge in [0.15, 0.2) is 0 Å². The number of hydrogen-bond donors (Lipinski definition) is 1. The zero-order valence-electron chi connectivity index (χ0n) is 9.92. The van der Waals surface area contributed by atoms with Crippen LogP contribution in [0.1, 0.15) is 26.3 Å². The zero-order valence-corrected chi connectivity index (χ0v) is 9.92. The van der Waals surface area contributed by atoms with Crippen LogP contribution in [-0.2, 0) is 12.1 Å². The summed E-state index contributed by atoms with van der Waals surface area (Å²) in [6.07, 6.45) is 1.95. The minimum Gasteiger partial charge on any atom is -0.347 e. The fraction of sp³-hybridized carbons (Fsp3) is 0.385. The second kappa shape index (κ2) is 3.59. The number of hydrogen-bond acceptors (Lipinski definition) is 1. The Labute approximate surface area is 94.9 Å². The molecule has 0 atom stereocenters. The maximum atomic E-state index is 13.9. The molecule has 1 aromatic heterocycles. The molecule has 0 saturated carbocycles. The molecule has 0 aliphatic rings. The van der Waals surface area contributed by atoms with Gasteiger partial charge in [0.2, 0.25) is 0 Å². The number of nitrogens with zero attached hydrogens (tertiary/aromatic N) is 1. The predicted octanol–water partition coefficient (Wildman–Crippen LogP) is 2.99. The van der Waals surface area contributed by atoms with Crippen molar-refractivity contribution in [1.82, 2.24) is 4.57 Å². The van der Waals surface area contributed by atoms with Crippen LogP contribution in [0.15, 0.2) is 24.4 Å². The lowest BCUT2D eigenvalue weighted by molar-refractivity contribution is 0.552. The largest absolute Gasteiger partial charge is 0.347 e. The molecular formula is C13H17FN2.